The van der Waals surface area contributed by atoms with Gasteiger partial charge in [-0.25, -0.2) is 4.98 Å². The van der Waals surface area contributed by atoms with E-state index in [-0.39, 0.29) is 31.1 Å². The summed E-state index contributed by atoms with van der Waals surface area (Å²) in [5.74, 6) is 2.01. The fraction of sp³-hybridized carbons (Fsp3) is 0.346. The van der Waals surface area contributed by atoms with Gasteiger partial charge in [-0.15, -0.1) is 0 Å². The molecule has 3 aromatic rings. The van der Waals surface area contributed by atoms with Crippen molar-refractivity contribution in [2.45, 2.75) is 26.3 Å². The second-order valence-electron chi connectivity index (χ2n) is 8.94. The molecule has 182 valence electrons. The van der Waals surface area contributed by atoms with Gasteiger partial charge in [0.15, 0.2) is 11.5 Å². The Labute approximate surface area is 203 Å². The Bertz CT molecular complexity index is 1250. The van der Waals surface area contributed by atoms with Gasteiger partial charge in [0, 0.05) is 23.4 Å². The fourth-order valence-corrected chi connectivity index (χ4v) is 4.37. The Morgan fingerprint density at radius 2 is 2.00 bits per heavy atom. The predicted octanol–water partition coefficient (Wildman–Crippen LogP) is 3.59. The number of anilines is 1. The Hall–Kier alpha value is -3.85. The quantitative estimate of drug-likeness (QED) is 0.560. The van der Waals surface area contributed by atoms with E-state index in [0.717, 1.165) is 31.5 Å². The molecule has 35 heavy (non-hydrogen) atoms. The number of benzene rings is 2. The molecule has 9 heteroatoms. The van der Waals surface area contributed by atoms with E-state index in [1.807, 2.05) is 38.2 Å². The van der Waals surface area contributed by atoms with E-state index in [2.05, 4.69) is 20.5 Å². The molecule has 3 heterocycles. The molecule has 1 atom stereocenters. The van der Waals surface area contributed by atoms with E-state index in [4.69, 9.17) is 13.9 Å². The third kappa shape index (κ3) is 5.14. The molecule has 2 aliphatic heterocycles. The van der Waals surface area contributed by atoms with Gasteiger partial charge in [0.05, 0.1) is 12.5 Å². The monoisotopic (exact) mass is 476 g/mol. The summed E-state index contributed by atoms with van der Waals surface area (Å²) in [5.41, 5.74) is 2.56. The number of amides is 2. The first-order valence-electron chi connectivity index (χ1n) is 11.7. The summed E-state index contributed by atoms with van der Waals surface area (Å²) >= 11 is 0. The van der Waals surface area contributed by atoms with Crippen LogP contribution in [0.4, 0.5) is 5.69 Å². The molecule has 9 nitrogen and oxygen atoms in total. The van der Waals surface area contributed by atoms with Gasteiger partial charge in [-0.05, 0) is 69.8 Å². The SMILES string of the molecule is Cc1oc(-c2cccc(NC(=O)C3CCCN(C)C3)c2)nc1CNC(=O)c1ccc2c(c1)OCO2. The third-order valence-electron chi connectivity index (χ3n) is 6.32. The van der Waals surface area contributed by atoms with Gasteiger partial charge in [0.2, 0.25) is 18.6 Å². The minimum atomic E-state index is -0.245. The molecule has 0 radical (unpaired) electrons. The predicted molar refractivity (Wildman–Crippen MR) is 129 cm³/mol. The molecule has 2 aliphatic rings. The van der Waals surface area contributed by atoms with Crippen LogP contribution in [0.3, 0.4) is 0 Å². The summed E-state index contributed by atoms with van der Waals surface area (Å²) in [6, 6.07) is 12.5. The van der Waals surface area contributed by atoms with Crippen molar-refractivity contribution in [2.24, 2.45) is 5.92 Å². The van der Waals surface area contributed by atoms with E-state index in [9.17, 15) is 9.59 Å². The molecule has 1 unspecified atom stereocenters. The first-order chi connectivity index (χ1) is 17.0. The van der Waals surface area contributed by atoms with Gasteiger partial charge in [0.1, 0.15) is 11.5 Å². The van der Waals surface area contributed by atoms with Gasteiger partial charge in [-0.1, -0.05) is 6.07 Å². The minimum Gasteiger partial charge on any atom is -0.454 e. The number of oxazole rings is 1. The number of ether oxygens (including phenoxy) is 2. The van der Waals surface area contributed by atoms with E-state index in [1.54, 1.807) is 18.2 Å². The summed E-state index contributed by atoms with van der Waals surface area (Å²) in [5, 5.41) is 5.90. The summed E-state index contributed by atoms with van der Waals surface area (Å²) in [6.07, 6.45) is 1.92. The van der Waals surface area contributed by atoms with E-state index < -0.39 is 0 Å². The first-order valence-corrected chi connectivity index (χ1v) is 11.7. The van der Waals surface area contributed by atoms with E-state index in [1.165, 1.54) is 0 Å². The number of piperidine rings is 1. The van der Waals surface area contributed by atoms with Gasteiger partial charge in [0.25, 0.3) is 5.91 Å². The normalized spacial score (nSPS) is 17.3. The van der Waals surface area contributed by atoms with Gasteiger partial charge in [-0.3, -0.25) is 9.59 Å². The van der Waals surface area contributed by atoms with Crippen LogP contribution in [0.15, 0.2) is 46.9 Å². The Kier molecular flexibility index (Phi) is 6.41. The van der Waals surface area contributed by atoms with Crippen molar-refractivity contribution in [2.75, 3.05) is 32.2 Å². The lowest BCUT2D eigenvalue weighted by Crippen LogP contribution is -2.38. The average molecular weight is 477 g/mol. The Morgan fingerprint density at radius 1 is 1.14 bits per heavy atom. The van der Waals surface area contributed by atoms with Crippen molar-refractivity contribution >= 4 is 17.5 Å². The van der Waals surface area contributed by atoms with Crippen molar-refractivity contribution in [3.8, 4) is 23.0 Å². The van der Waals surface area contributed by atoms with Crippen molar-refractivity contribution in [3.05, 3.63) is 59.5 Å². The number of hydrogen-bond donors (Lipinski definition) is 2. The molecule has 1 aromatic heterocycles. The van der Waals surface area contributed by atoms with Crippen LogP contribution in [-0.4, -0.2) is 48.6 Å². The number of rotatable bonds is 6. The second-order valence-corrected chi connectivity index (χ2v) is 8.94. The number of aryl methyl sites for hydroxylation is 1. The molecule has 0 spiro atoms. The summed E-state index contributed by atoms with van der Waals surface area (Å²) in [6.45, 7) is 3.98. The minimum absolute atomic E-state index is 0.0126. The molecule has 2 amide bonds. The van der Waals surface area contributed by atoms with E-state index in [0.29, 0.717) is 40.1 Å². The zero-order chi connectivity index (χ0) is 24.4. The highest BCUT2D eigenvalue weighted by atomic mass is 16.7. The first kappa shape index (κ1) is 22.9. The Balaban J connectivity index is 1.23. The maximum atomic E-state index is 12.7. The zero-order valence-electron chi connectivity index (χ0n) is 19.8. The lowest BCUT2D eigenvalue weighted by atomic mass is 9.97. The van der Waals surface area contributed by atoms with Crippen LogP contribution >= 0.6 is 0 Å². The van der Waals surface area contributed by atoms with Gasteiger partial charge in [-0.2, -0.15) is 0 Å². The topological polar surface area (TPSA) is 106 Å². The summed E-state index contributed by atoms with van der Waals surface area (Å²) in [7, 11) is 2.04. The Morgan fingerprint density at radius 3 is 2.86 bits per heavy atom. The highest BCUT2D eigenvalue weighted by Crippen LogP contribution is 2.32. The highest BCUT2D eigenvalue weighted by Gasteiger charge is 2.24. The number of hydrogen-bond acceptors (Lipinski definition) is 7. The zero-order valence-corrected chi connectivity index (χ0v) is 19.8. The number of carbonyl (C=O) groups is 2. The smallest absolute Gasteiger partial charge is 0.251 e. The largest absolute Gasteiger partial charge is 0.454 e. The van der Waals surface area contributed by atoms with Crippen LogP contribution < -0.4 is 20.1 Å². The van der Waals surface area contributed by atoms with Crippen molar-refractivity contribution in [1.82, 2.24) is 15.2 Å². The molecule has 5 rings (SSSR count). The molecular weight excluding hydrogens is 448 g/mol. The maximum absolute atomic E-state index is 12.7. The van der Waals surface area contributed by atoms with Gasteiger partial charge >= 0.3 is 0 Å². The third-order valence-corrected chi connectivity index (χ3v) is 6.32. The molecule has 1 fully saturated rings. The van der Waals surface area contributed by atoms with Crippen molar-refractivity contribution < 1.29 is 23.5 Å². The number of nitrogens with zero attached hydrogens (tertiary/aromatic N) is 2. The number of nitrogens with one attached hydrogen (secondary N) is 2. The van der Waals surface area contributed by atoms with Crippen LogP contribution in [0.25, 0.3) is 11.5 Å². The van der Waals surface area contributed by atoms with Crippen LogP contribution in [0.5, 0.6) is 11.5 Å². The van der Waals surface area contributed by atoms with Crippen molar-refractivity contribution in [1.29, 1.82) is 0 Å². The highest BCUT2D eigenvalue weighted by molar-refractivity contribution is 5.95. The molecule has 0 aliphatic carbocycles. The number of likely N-dealkylation sites (tertiary alicyclic amines) is 1. The number of aromatic nitrogens is 1. The number of carbonyl (C=O) groups excluding carboxylic acids is 2. The maximum Gasteiger partial charge on any atom is 0.251 e. The van der Waals surface area contributed by atoms with Crippen LogP contribution in [0.2, 0.25) is 0 Å². The lowest BCUT2D eigenvalue weighted by molar-refractivity contribution is -0.121. The summed E-state index contributed by atoms with van der Waals surface area (Å²) < 4.78 is 16.5. The second kappa shape index (κ2) is 9.79. The number of fused-ring (bicyclic) bond motifs is 1. The fourth-order valence-electron chi connectivity index (χ4n) is 4.37. The van der Waals surface area contributed by atoms with Gasteiger partial charge < -0.3 is 29.4 Å². The van der Waals surface area contributed by atoms with Crippen LogP contribution in [0, 0.1) is 12.8 Å². The van der Waals surface area contributed by atoms with Crippen LogP contribution in [0.1, 0.15) is 34.7 Å². The van der Waals surface area contributed by atoms with E-state index >= 15 is 0 Å². The molecule has 1 saturated heterocycles. The standard InChI is InChI=1S/C26H28N4O5/c1-16-21(13-27-24(31)17-8-9-22-23(12-17)34-15-33-22)29-26(35-16)18-5-3-7-20(11-18)28-25(32)19-6-4-10-30(2)14-19/h3,5,7-9,11-12,19H,4,6,10,13-15H2,1-2H3,(H,27,31)(H,28,32). The molecule has 2 aromatic carbocycles. The molecule has 0 saturated carbocycles. The molecule has 2 N–H and O–H groups in total. The van der Waals surface area contributed by atoms with Crippen LogP contribution in [-0.2, 0) is 11.3 Å². The molecular formula is C26H28N4O5. The molecule has 0 bridgehead atoms. The lowest BCUT2D eigenvalue weighted by Gasteiger charge is -2.28. The average Bonchev–Trinajstić information content (AvgIpc) is 3.48. The summed E-state index contributed by atoms with van der Waals surface area (Å²) in [4.78, 5) is 32.1. The van der Waals surface area contributed by atoms with Crippen molar-refractivity contribution in [3.63, 3.8) is 0 Å².